The Morgan fingerprint density at radius 2 is 1.57 bits per heavy atom. The van der Waals surface area contributed by atoms with Crippen LogP contribution in [0.2, 0.25) is 0 Å². The largest absolute Gasteiger partial charge is 0.339 e. The van der Waals surface area contributed by atoms with E-state index in [0.29, 0.717) is 58.7 Å². The number of halogens is 1. The monoisotopic (exact) mass is 711 g/mol. The maximum atomic E-state index is 13.4. The number of carbonyl (C=O) groups excluding carboxylic acids is 3. The highest BCUT2D eigenvalue weighted by Gasteiger charge is 2.37. The smallest absolute Gasteiger partial charge is 0.242 e. The van der Waals surface area contributed by atoms with Crippen LogP contribution in [0.5, 0.6) is 0 Å². The second kappa shape index (κ2) is 13.4. The minimum atomic E-state index is -3.97. The van der Waals surface area contributed by atoms with Gasteiger partial charge in [0.25, 0.3) is 0 Å². The van der Waals surface area contributed by atoms with Crippen LogP contribution in [0.25, 0.3) is 10.8 Å². The van der Waals surface area contributed by atoms with E-state index in [-0.39, 0.29) is 29.3 Å². The number of amides is 3. The highest BCUT2D eigenvalue weighted by atomic mass is 79.9. The molecule has 3 aliphatic heterocycles. The number of hydrogen-bond acceptors (Lipinski definition) is 8. The minimum Gasteiger partial charge on any atom is -0.339 e. The van der Waals surface area contributed by atoms with E-state index in [1.54, 1.807) is 17.0 Å². The third-order valence-corrected chi connectivity index (χ3v) is 11.2. The predicted octanol–water partition coefficient (Wildman–Crippen LogP) is 1.05. The first-order valence-electron chi connectivity index (χ1n) is 14.8. The fourth-order valence-electron chi connectivity index (χ4n) is 6.23. The summed E-state index contributed by atoms with van der Waals surface area (Å²) < 4.78 is 52.9. The molecule has 0 saturated carbocycles. The standard InChI is InChI=1S/C29H38BrN5O7S2/c1-43(39,40)20-28(37)33-14-12-32(13-15-33)18-24-4-2-11-35(24)27(36)19-34-10-3-5-26(29(34)38)31-44(41,42)25-9-7-21-16-23(30)8-6-22(21)17-25/h6-9,16-17,24,26,31H,2-5,10-15,18-20H2,1H3/t24-,26-/m0/s1. The normalized spacial score (nSPS) is 22.1. The predicted molar refractivity (Wildman–Crippen MR) is 169 cm³/mol. The maximum absolute atomic E-state index is 13.4. The summed E-state index contributed by atoms with van der Waals surface area (Å²) in [6.07, 6.45) is 3.66. The molecule has 2 aromatic rings. The first-order valence-corrected chi connectivity index (χ1v) is 19.1. The van der Waals surface area contributed by atoms with E-state index < -0.39 is 37.6 Å². The van der Waals surface area contributed by atoms with E-state index in [9.17, 15) is 31.2 Å². The number of sulfone groups is 1. The molecule has 3 aliphatic rings. The van der Waals surface area contributed by atoms with Crippen molar-refractivity contribution >= 4 is 64.3 Å². The first kappa shape index (κ1) is 32.8. The maximum Gasteiger partial charge on any atom is 0.242 e. The Bertz CT molecular complexity index is 1640. The zero-order chi connectivity index (χ0) is 31.6. The summed E-state index contributed by atoms with van der Waals surface area (Å²) in [5, 5.41) is 1.65. The summed E-state index contributed by atoms with van der Waals surface area (Å²) in [7, 11) is -7.35. The molecule has 3 fully saturated rings. The van der Waals surface area contributed by atoms with E-state index in [2.05, 4.69) is 25.6 Å². The summed E-state index contributed by atoms with van der Waals surface area (Å²) in [6.45, 7) is 3.56. The zero-order valence-corrected chi connectivity index (χ0v) is 27.9. The van der Waals surface area contributed by atoms with Gasteiger partial charge in [0.1, 0.15) is 11.8 Å². The van der Waals surface area contributed by atoms with Crippen LogP contribution in [0.15, 0.2) is 45.8 Å². The molecule has 44 heavy (non-hydrogen) atoms. The molecular weight excluding hydrogens is 674 g/mol. The van der Waals surface area contributed by atoms with Crippen molar-refractivity contribution in [2.45, 2.75) is 42.7 Å². The van der Waals surface area contributed by atoms with Crippen LogP contribution in [0.4, 0.5) is 0 Å². The van der Waals surface area contributed by atoms with Gasteiger partial charge in [-0.2, -0.15) is 4.72 Å². The van der Waals surface area contributed by atoms with Crippen molar-refractivity contribution in [3.63, 3.8) is 0 Å². The van der Waals surface area contributed by atoms with Crippen LogP contribution in [0.1, 0.15) is 25.7 Å². The van der Waals surface area contributed by atoms with Crippen molar-refractivity contribution in [2.75, 3.05) is 64.4 Å². The summed E-state index contributed by atoms with van der Waals surface area (Å²) in [5.41, 5.74) is 0. The fraction of sp³-hybridized carbons (Fsp3) is 0.552. The van der Waals surface area contributed by atoms with E-state index in [4.69, 9.17) is 0 Å². The zero-order valence-electron chi connectivity index (χ0n) is 24.7. The number of likely N-dealkylation sites (tertiary alicyclic amines) is 2. The Morgan fingerprint density at radius 3 is 2.30 bits per heavy atom. The number of nitrogens with one attached hydrogen (secondary N) is 1. The summed E-state index contributed by atoms with van der Waals surface area (Å²) in [4.78, 5) is 46.1. The lowest BCUT2D eigenvalue weighted by molar-refractivity contribution is -0.143. The van der Waals surface area contributed by atoms with Crippen LogP contribution in [0.3, 0.4) is 0 Å². The van der Waals surface area contributed by atoms with Crippen LogP contribution in [-0.2, 0) is 34.2 Å². The summed E-state index contributed by atoms with van der Waals surface area (Å²) in [5.74, 6) is -1.44. The van der Waals surface area contributed by atoms with E-state index in [1.807, 2.05) is 23.1 Å². The number of piperidine rings is 1. The quantitative estimate of drug-likeness (QED) is 0.407. The van der Waals surface area contributed by atoms with Gasteiger partial charge >= 0.3 is 0 Å². The van der Waals surface area contributed by atoms with Crippen molar-refractivity contribution in [1.82, 2.24) is 24.3 Å². The second-order valence-corrected chi connectivity index (χ2v) is 16.6. The van der Waals surface area contributed by atoms with Crippen molar-refractivity contribution in [1.29, 1.82) is 0 Å². The Morgan fingerprint density at radius 1 is 0.886 bits per heavy atom. The van der Waals surface area contributed by atoms with Crippen LogP contribution in [-0.4, -0.2) is 131 Å². The topological polar surface area (TPSA) is 144 Å². The number of nitrogens with zero attached hydrogens (tertiary/aromatic N) is 4. The minimum absolute atomic E-state index is 0.0245. The third kappa shape index (κ3) is 7.97. The molecule has 0 spiro atoms. The molecule has 3 heterocycles. The highest BCUT2D eigenvalue weighted by Crippen LogP contribution is 2.25. The van der Waals surface area contributed by atoms with Crippen molar-refractivity contribution < 1.29 is 31.2 Å². The number of hydrogen-bond donors (Lipinski definition) is 1. The third-order valence-electron chi connectivity index (χ3n) is 8.52. The molecular formula is C29H38BrN5O7S2. The number of sulfonamides is 1. The molecule has 0 aliphatic carbocycles. The van der Waals surface area contributed by atoms with Crippen molar-refractivity contribution in [2.24, 2.45) is 0 Å². The van der Waals surface area contributed by atoms with E-state index in [1.165, 1.54) is 11.0 Å². The summed E-state index contributed by atoms with van der Waals surface area (Å²) >= 11 is 3.42. The van der Waals surface area contributed by atoms with Crippen LogP contribution in [0, 0.1) is 0 Å². The molecule has 3 saturated heterocycles. The Hall–Kier alpha value is -2.59. The van der Waals surface area contributed by atoms with Crippen LogP contribution < -0.4 is 4.72 Å². The molecule has 0 radical (unpaired) electrons. The molecule has 5 rings (SSSR count). The van der Waals surface area contributed by atoms with Crippen LogP contribution >= 0.6 is 15.9 Å². The van der Waals surface area contributed by atoms with E-state index >= 15 is 0 Å². The Labute approximate surface area is 266 Å². The lowest BCUT2D eigenvalue weighted by atomic mass is 10.1. The molecule has 240 valence electrons. The van der Waals surface area contributed by atoms with Gasteiger partial charge < -0.3 is 14.7 Å². The van der Waals surface area contributed by atoms with Gasteiger partial charge in [0.05, 0.1) is 11.4 Å². The van der Waals surface area contributed by atoms with Gasteiger partial charge in [-0.3, -0.25) is 19.3 Å². The molecule has 0 bridgehead atoms. The van der Waals surface area contributed by atoms with Gasteiger partial charge in [-0.1, -0.05) is 28.1 Å². The molecule has 2 atom stereocenters. The SMILES string of the molecule is CS(=O)(=O)CC(=O)N1CCN(C[C@@H]2CCCN2C(=O)CN2CCC[C@H](NS(=O)(=O)c3ccc4cc(Br)ccc4c3)C2=O)CC1. The summed E-state index contributed by atoms with van der Waals surface area (Å²) in [6, 6.07) is 9.42. The highest BCUT2D eigenvalue weighted by molar-refractivity contribution is 9.10. The van der Waals surface area contributed by atoms with Crippen molar-refractivity contribution in [3.05, 3.63) is 40.9 Å². The van der Waals surface area contributed by atoms with Gasteiger partial charge in [-0.05, 0) is 60.7 Å². The first-order chi connectivity index (χ1) is 20.8. The number of benzene rings is 2. The number of rotatable bonds is 9. The molecule has 12 nitrogen and oxygen atoms in total. The molecule has 1 N–H and O–H groups in total. The molecule has 0 aromatic heterocycles. The molecule has 0 unspecified atom stereocenters. The lowest BCUT2D eigenvalue weighted by Gasteiger charge is -2.38. The number of carbonyl (C=O) groups is 3. The Balaban J connectivity index is 1.15. The molecule has 3 amide bonds. The van der Waals surface area contributed by atoms with Gasteiger partial charge in [-0.15, -0.1) is 0 Å². The molecule has 15 heteroatoms. The van der Waals surface area contributed by atoms with Gasteiger partial charge in [-0.25, -0.2) is 16.8 Å². The number of piperazine rings is 1. The second-order valence-electron chi connectivity index (χ2n) is 11.9. The Kier molecular flexibility index (Phi) is 10.00. The van der Waals surface area contributed by atoms with E-state index in [0.717, 1.165) is 34.3 Å². The van der Waals surface area contributed by atoms with Gasteiger partial charge in [0.2, 0.25) is 27.7 Å². The number of fused-ring (bicyclic) bond motifs is 1. The fourth-order valence-corrected chi connectivity index (χ4v) is 8.49. The molecule has 2 aromatic carbocycles. The average molecular weight is 713 g/mol. The van der Waals surface area contributed by atoms with Gasteiger partial charge in [0.15, 0.2) is 9.84 Å². The average Bonchev–Trinajstić information content (AvgIpc) is 3.42. The lowest BCUT2D eigenvalue weighted by Crippen LogP contribution is -2.56. The van der Waals surface area contributed by atoms with Gasteiger partial charge in [0, 0.05) is 62.6 Å². The van der Waals surface area contributed by atoms with Crippen molar-refractivity contribution in [3.8, 4) is 0 Å².